The fraction of sp³-hybridized carbons (Fsp3) is 1.00. The zero-order valence-corrected chi connectivity index (χ0v) is 14.3. The Balaban J connectivity index is 2.66. The molecule has 0 aromatic heterocycles. The van der Waals surface area contributed by atoms with Crippen LogP contribution in [-0.2, 0) is 0 Å². The lowest BCUT2D eigenvalue weighted by Gasteiger charge is -2.42. The first-order valence-electron chi connectivity index (χ1n) is 7.33. The van der Waals surface area contributed by atoms with Crippen molar-refractivity contribution in [2.45, 2.75) is 71.0 Å². The van der Waals surface area contributed by atoms with Crippen LogP contribution in [-0.4, -0.2) is 22.3 Å². The summed E-state index contributed by atoms with van der Waals surface area (Å²) in [4.78, 5) is 0. The van der Waals surface area contributed by atoms with Crippen molar-refractivity contribution in [2.75, 3.05) is 5.75 Å². The molecule has 1 aliphatic carbocycles. The minimum absolute atomic E-state index is 0.876. The summed E-state index contributed by atoms with van der Waals surface area (Å²) in [6, 6.07) is 0. The molecule has 0 nitrogen and oxygen atoms in total. The molecular weight excluding hydrogens is 243 g/mol. The van der Waals surface area contributed by atoms with E-state index in [0.29, 0.717) is 0 Å². The molecule has 0 N–H and O–H groups in total. The molecule has 0 amide bonds. The first kappa shape index (κ1) is 15.8. The number of hydrogen-bond acceptors (Lipinski definition) is 1. The lowest BCUT2D eigenvalue weighted by atomic mass is 9.76. The molecule has 2 heteroatoms. The monoisotopic (exact) mass is 274 g/mol. The zero-order chi connectivity index (χ0) is 13.0. The van der Waals surface area contributed by atoms with Gasteiger partial charge in [0, 0.05) is 5.25 Å². The van der Waals surface area contributed by atoms with Crippen molar-refractivity contribution in [3.8, 4) is 0 Å². The highest BCUT2D eigenvalue weighted by Crippen LogP contribution is 2.47. The second-order valence-corrected chi connectivity index (χ2v) is 10.0. The molecule has 17 heavy (non-hydrogen) atoms. The first-order chi connectivity index (χ1) is 7.95. The third-order valence-electron chi connectivity index (χ3n) is 4.07. The quantitative estimate of drug-likeness (QED) is 0.616. The van der Waals surface area contributed by atoms with Gasteiger partial charge in [0.25, 0.3) is 0 Å². The SMILES string of the molecule is CCS[C@H]1C[C@@H](PC(C)C)C(C(C)C)CC1C. The van der Waals surface area contributed by atoms with Crippen LogP contribution >= 0.6 is 20.3 Å². The fourth-order valence-corrected chi connectivity index (χ4v) is 6.60. The number of hydrogen-bond donors (Lipinski definition) is 0. The summed E-state index contributed by atoms with van der Waals surface area (Å²) in [5.41, 5.74) is 1.90. The van der Waals surface area contributed by atoms with Crippen molar-refractivity contribution in [1.82, 2.24) is 0 Å². The largest absolute Gasteiger partial charge is 0.159 e. The highest BCUT2D eigenvalue weighted by Gasteiger charge is 2.36. The molecule has 1 fully saturated rings. The minimum atomic E-state index is 0.876. The van der Waals surface area contributed by atoms with Crippen molar-refractivity contribution in [2.24, 2.45) is 17.8 Å². The second kappa shape index (κ2) is 7.39. The van der Waals surface area contributed by atoms with Gasteiger partial charge in [-0.15, -0.1) is 8.58 Å². The molecule has 102 valence electrons. The maximum atomic E-state index is 2.48. The smallest absolute Gasteiger partial charge is 0.00787 e. The molecule has 5 atom stereocenters. The van der Waals surface area contributed by atoms with Gasteiger partial charge in [-0.1, -0.05) is 41.5 Å². The second-order valence-electron chi connectivity index (χ2n) is 6.28. The summed E-state index contributed by atoms with van der Waals surface area (Å²) in [5.74, 6) is 4.08. The van der Waals surface area contributed by atoms with E-state index in [0.717, 1.165) is 34.3 Å². The van der Waals surface area contributed by atoms with E-state index < -0.39 is 0 Å². The Morgan fingerprint density at radius 3 is 2.29 bits per heavy atom. The Labute approximate surface area is 115 Å². The van der Waals surface area contributed by atoms with Gasteiger partial charge >= 0.3 is 0 Å². The highest BCUT2D eigenvalue weighted by atomic mass is 32.2. The highest BCUT2D eigenvalue weighted by molar-refractivity contribution is 7.99. The molecular formula is C15H31PS. The normalized spacial score (nSPS) is 35.3. The summed E-state index contributed by atoms with van der Waals surface area (Å²) < 4.78 is 0. The predicted octanol–water partition coefficient (Wildman–Crippen LogP) is 5.27. The van der Waals surface area contributed by atoms with Gasteiger partial charge in [-0.3, -0.25) is 0 Å². The molecule has 0 heterocycles. The molecule has 1 rings (SSSR count). The topological polar surface area (TPSA) is 0 Å². The van der Waals surface area contributed by atoms with Gasteiger partial charge in [0.2, 0.25) is 0 Å². The van der Waals surface area contributed by atoms with Crippen molar-refractivity contribution in [3.05, 3.63) is 0 Å². The molecule has 0 aromatic rings. The lowest BCUT2D eigenvalue weighted by molar-refractivity contribution is 0.239. The van der Waals surface area contributed by atoms with E-state index in [1.807, 2.05) is 0 Å². The number of thioether (sulfide) groups is 1. The van der Waals surface area contributed by atoms with Crippen LogP contribution in [0.25, 0.3) is 0 Å². The van der Waals surface area contributed by atoms with Crippen LogP contribution in [0.2, 0.25) is 0 Å². The van der Waals surface area contributed by atoms with Crippen molar-refractivity contribution in [1.29, 1.82) is 0 Å². The average molecular weight is 274 g/mol. The van der Waals surface area contributed by atoms with E-state index >= 15 is 0 Å². The van der Waals surface area contributed by atoms with Crippen LogP contribution in [0.15, 0.2) is 0 Å². The van der Waals surface area contributed by atoms with Gasteiger partial charge < -0.3 is 0 Å². The Morgan fingerprint density at radius 2 is 1.82 bits per heavy atom. The Morgan fingerprint density at radius 1 is 1.18 bits per heavy atom. The summed E-state index contributed by atoms with van der Waals surface area (Å²) in [5, 5.41) is 0.936. The van der Waals surface area contributed by atoms with Gasteiger partial charge in [0.1, 0.15) is 0 Å². The molecule has 0 bridgehead atoms. The molecule has 0 aliphatic heterocycles. The standard InChI is InChI=1S/C15H31PS/c1-7-17-15-9-14(16-11(4)5)13(10(2)3)8-12(15)6/h10-16H,7-9H2,1-6H3/t12?,13?,14-,15+/m1/s1. The van der Waals surface area contributed by atoms with Gasteiger partial charge in [-0.05, 0) is 47.7 Å². The molecule has 1 saturated carbocycles. The van der Waals surface area contributed by atoms with E-state index in [-0.39, 0.29) is 0 Å². The van der Waals surface area contributed by atoms with Crippen LogP contribution in [0, 0.1) is 17.8 Å². The summed E-state index contributed by atoms with van der Waals surface area (Å²) in [7, 11) is 1.18. The predicted molar refractivity (Wildman–Crippen MR) is 85.9 cm³/mol. The van der Waals surface area contributed by atoms with E-state index in [9.17, 15) is 0 Å². The zero-order valence-electron chi connectivity index (χ0n) is 12.5. The first-order valence-corrected chi connectivity index (χ1v) is 9.53. The van der Waals surface area contributed by atoms with Crippen LogP contribution in [0.5, 0.6) is 0 Å². The van der Waals surface area contributed by atoms with Gasteiger partial charge in [-0.2, -0.15) is 11.8 Å². The van der Waals surface area contributed by atoms with Crippen LogP contribution in [0.1, 0.15) is 54.4 Å². The lowest BCUT2D eigenvalue weighted by Crippen LogP contribution is -2.37. The van der Waals surface area contributed by atoms with Crippen molar-refractivity contribution >= 4 is 20.3 Å². The van der Waals surface area contributed by atoms with Crippen molar-refractivity contribution in [3.63, 3.8) is 0 Å². The van der Waals surface area contributed by atoms with E-state index in [1.54, 1.807) is 0 Å². The maximum Gasteiger partial charge on any atom is 0.00787 e. The number of rotatable bonds is 5. The Hall–Kier alpha value is 0.780. The minimum Gasteiger partial charge on any atom is -0.159 e. The summed E-state index contributed by atoms with van der Waals surface area (Å²) in [6.07, 6.45) is 2.96. The third kappa shape index (κ3) is 4.75. The Kier molecular flexibility index (Phi) is 6.88. The van der Waals surface area contributed by atoms with Gasteiger partial charge in [0.15, 0.2) is 0 Å². The molecule has 0 spiro atoms. The molecule has 0 radical (unpaired) electrons. The molecule has 0 aromatic carbocycles. The summed E-state index contributed by atoms with van der Waals surface area (Å²) >= 11 is 2.21. The van der Waals surface area contributed by atoms with Gasteiger partial charge in [0.05, 0.1) is 0 Å². The van der Waals surface area contributed by atoms with Crippen LogP contribution in [0.3, 0.4) is 0 Å². The fourth-order valence-electron chi connectivity index (χ4n) is 3.21. The summed E-state index contributed by atoms with van der Waals surface area (Å²) in [6.45, 7) is 14.5. The van der Waals surface area contributed by atoms with Crippen LogP contribution in [0.4, 0.5) is 0 Å². The molecule has 3 unspecified atom stereocenters. The van der Waals surface area contributed by atoms with E-state index in [4.69, 9.17) is 0 Å². The van der Waals surface area contributed by atoms with Gasteiger partial charge in [-0.25, -0.2) is 0 Å². The average Bonchev–Trinajstić information content (AvgIpc) is 2.21. The van der Waals surface area contributed by atoms with E-state index in [2.05, 4.69) is 53.3 Å². The van der Waals surface area contributed by atoms with E-state index in [1.165, 1.54) is 27.2 Å². The van der Waals surface area contributed by atoms with Crippen molar-refractivity contribution < 1.29 is 0 Å². The maximum absolute atomic E-state index is 2.48. The van der Waals surface area contributed by atoms with Crippen LogP contribution < -0.4 is 0 Å². The molecule has 0 saturated heterocycles. The third-order valence-corrected chi connectivity index (χ3v) is 7.24. The Bertz CT molecular complexity index is 215. The molecule has 1 aliphatic rings.